The van der Waals surface area contributed by atoms with E-state index < -0.39 is 12.0 Å². The van der Waals surface area contributed by atoms with Crippen LogP contribution in [0.1, 0.15) is 36.6 Å². The van der Waals surface area contributed by atoms with E-state index >= 15 is 0 Å². The Morgan fingerprint density at radius 3 is 2.58 bits per heavy atom. The molecule has 6 nitrogen and oxygen atoms in total. The number of nitrogens with zero attached hydrogens (tertiary/aromatic N) is 2. The van der Waals surface area contributed by atoms with Crippen LogP contribution in [0, 0.1) is 0 Å². The smallest absolute Gasteiger partial charge is 0.338 e. The number of fused-ring (bicyclic) bond motifs is 1. The maximum absolute atomic E-state index is 13.7. The predicted octanol–water partition coefficient (Wildman–Crippen LogP) is 5.03. The molecule has 0 aliphatic carbocycles. The highest BCUT2D eigenvalue weighted by atomic mass is 35.5. The number of thiazole rings is 1. The van der Waals surface area contributed by atoms with Gasteiger partial charge in [0.15, 0.2) is 4.80 Å². The normalized spacial score (nSPS) is 15.1. The molecule has 0 spiro atoms. The fourth-order valence-corrected chi connectivity index (χ4v) is 5.51. The molecule has 0 radical (unpaired) electrons. The molecule has 192 valence electrons. The van der Waals surface area contributed by atoms with Crippen molar-refractivity contribution in [1.82, 2.24) is 4.57 Å². The largest absolute Gasteiger partial charge is 0.489 e. The van der Waals surface area contributed by atoms with Crippen LogP contribution in [0.5, 0.6) is 5.75 Å². The first-order valence-corrected chi connectivity index (χ1v) is 13.4. The van der Waals surface area contributed by atoms with Gasteiger partial charge in [-0.2, -0.15) is 0 Å². The Kier molecular flexibility index (Phi) is 7.58. The van der Waals surface area contributed by atoms with Crippen molar-refractivity contribution in [2.75, 3.05) is 6.61 Å². The summed E-state index contributed by atoms with van der Waals surface area (Å²) in [4.78, 5) is 31.9. The summed E-state index contributed by atoms with van der Waals surface area (Å²) < 4.78 is 13.4. The van der Waals surface area contributed by atoms with Gasteiger partial charge in [0, 0.05) is 5.02 Å². The van der Waals surface area contributed by atoms with Crippen molar-refractivity contribution >= 4 is 35.0 Å². The van der Waals surface area contributed by atoms with Crippen LogP contribution in [0.15, 0.2) is 99.9 Å². The van der Waals surface area contributed by atoms with E-state index in [0.29, 0.717) is 38.0 Å². The first kappa shape index (κ1) is 25.7. The molecule has 3 aromatic carbocycles. The second kappa shape index (κ2) is 11.2. The van der Waals surface area contributed by atoms with Gasteiger partial charge >= 0.3 is 5.97 Å². The molecule has 0 fully saturated rings. The Labute approximate surface area is 228 Å². The molecule has 5 rings (SSSR count). The Bertz CT molecular complexity index is 1690. The van der Waals surface area contributed by atoms with Crippen LogP contribution in [0.2, 0.25) is 5.02 Å². The Morgan fingerprint density at radius 2 is 1.84 bits per heavy atom. The molecule has 1 aromatic heterocycles. The third-order valence-corrected chi connectivity index (χ3v) is 7.34. The zero-order chi connectivity index (χ0) is 26.6. The van der Waals surface area contributed by atoms with Crippen LogP contribution >= 0.6 is 22.9 Å². The molecule has 8 heteroatoms. The standard InChI is InChI=1S/C30H25ClN2O4S/c1-3-36-29(35)26-19(2)32-30-33(27(26)22-12-14-23(31)15-13-22)28(34)25(38-30)17-21-10-7-11-24(16-21)37-18-20-8-5-4-6-9-20/h4-17,27H,3,18H2,1-2H3/t27-/m1/s1. The Morgan fingerprint density at radius 1 is 1.08 bits per heavy atom. The zero-order valence-electron chi connectivity index (χ0n) is 20.9. The fourth-order valence-electron chi connectivity index (χ4n) is 4.34. The lowest BCUT2D eigenvalue weighted by atomic mass is 9.96. The second-order valence-electron chi connectivity index (χ2n) is 8.70. The van der Waals surface area contributed by atoms with Crippen LogP contribution in [0.3, 0.4) is 0 Å². The van der Waals surface area contributed by atoms with Crippen molar-refractivity contribution in [2.24, 2.45) is 4.99 Å². The highest BCUT2D eigenvalue weighted by Gasteiger charge is 2.33. The van der Waals surface area contributed by atoms with E-state index in [1.54, 1.807) is 30.5 Å². The van der Waals surface area contributed by atoms with E-state index in [0.717, 1.165) is 16.7 Å². The minimum Gasteiger partial charge on any atom is -0.489 e. The minimum absolute atomic E-state index is 0.218. The number of hydrogen-bond donors (Lipinski definition) is 0. The lowest BCUT2D eigenvalue weighted by Crippen LogP contribution is -2.39. The molecular weight excluding hydrogens is 520 g/mol. The molecule has 0 saturated heterocycles. The molecule has 0 unspecified atom stereocenters. The fraction of sp³-hybridized carbons (Fsp3) is 0.167. The van der Waals surface area contributed by atoms with Gasteiger partial charge in [0.25, 0.3) is 5.56 Å². The van der Waals surface area contributed by atoms with E-state index in [1.165, 1.54) is 11.3 Å². The average Bonchev–Trinajstić information content (AvgIpc) is 3.22. The number of benzene rings is 3. The number of rotatable bonds is 7. The quantitative estimate of drug-likeness (QED) is 0.306. The number of aromatic nitrogens is 1. The third kappa shape index (κ3) is 5.35. The molecule has 0 bridgehead atoms. The van der Waals surface area contributed by atoms with Gasteiger partial charge in [-0.25, -0.2) is 9.79 Å². The Hall–Kier alpha value is -3.94. The van der Waals surface area contributed by atoms with Gasteiger partial charge < -0.3 is 9.47 Å². The van der Waals surface area contributed by atoms with Crippen molar-refractivity contribution in [1.29, 1.82) is 0 Å². The number of allylic oxidation sites excluding steroid dienone is 1. The second-order valence-corrected chi connectivity index (χ2v) is 10.1. The molecule has 1 aliphatic rings. The molecule has 0 N–H and O–H groups in total. The number of esters is 1. The van der Waals surface area contributed by atoms with Crippen LogP contribution in [-0.2, 0) is 16.1 Å². The van der Waals surface area contributed by atoms with Gasteiger partial charge in [-0.3, -0.25) is 9.36 Å². The zero-order valence-corrected chi connectivity index (χ0v) is 22.5. The maximum atomic E-state index is 13.7. The molecule has 0 saturated carbocycles. The summed E-state index contributed by atoms with van der Waals surface area (Å²) in [6.45, 7) is 4.18. The average molecular weight is 545 g/mol. The van der Waals surface area contributed by atoms with Gasteiger partial charge in [0.2, 0.25) is 0 Å². The van der Waals surface area contributed by atoms with Crippen LogP contribution in [-0.4, -0.2) is 17.1 Å². The van der Waals surface area contributed by atoms with Crippen molar-refractivity contribution in [3.8, 4) is 5.75 Å². The number of carbonyl (C=O) groups excluding carboxylic acids is 1. The van der Waals surface area contributed by atoms with Crippen molar-refractivity contribution in [2.45, 2.75) is 26.5 Å². The van der Waals surface area contributed by atoms with Crippen molar-refractivity contribution in [3.05, 3.63) is 132 Å². The van der Waals surface area contributed by atoms with Gasteiger partial charge in [0.1, 0.15) is 12.4 Å². The summed E-state index contributed by atoms with van der Waals surface area (Å²) in [6.07, 6.45) is 1.82. The summed E-state index contributed by atoms with van der Waals surface area (Å²) in [5, 5.41) is 0.564. The molecule has 2 heterocycles. The monoisotopic (exact) mass is 544 g/mol. The van der Waals surface area contributed by atoms with E-state index in [-0.39, 0.29) is 12.2 Å². The topological polar surface area (TPSA) is 69.9 Å². The Balaban J connectivity index is 1.55. The highest BCUT2D eigenvalue weighted by molar-refractivity contribution is 7.07. The lowest BCUT2D eigenvalue weighted by Gasteiger charge is -2.24. The summed E-state index contributed by atoms with van der Waals surface area (Å²) >= 11 is 7.40. The first-order valence-electron chi connectivity index (χ1n) is 12.2. The van der Waals surface area contributed by atoms with Gasteiger partial charge in [0.05, 0.1) is 28.5 Å². The number of ether oxygens (including phenoxy) is 2. The SMILES string of the molecule is CCOC(=O)C1=C(C)N=c2sc(=Cc3cccc(OCc4ccccc4)c3)c(=O)n2[C@@H]1c1ccc(Cl)cc1. The van der Waals surface area contributed by atoms with Gasteiger partial charge in [-0.1, -0.05) is 77.5 Å². The molecule has 1 atom stereocenters. The van der Waals surface area contributed by atoms with Crippen LogP contribution in [0.4, 0.5) is 0 Å². The summed E-state index contributed by atoms with van der Waals surface area (Å²) in [6, 6.07) is 24.0. The number of hydrogen-bond acceptors (Lipinski definition) is 6. The van der Waals surface area contributed by atoms with Crippen molar-refractivity contribution in [3.63, 3.8) is 0 Å². The summed E-state index contributed by atoms with van der Waals surface area (Å²) in [5.74, 6) is 0.209. The molecule has 0 amide bonds. The van der Waals surface area contributed by atoms with E-state index in [2.05, 4.69) is 4.99 Å². The predicted molar refractivity (Wildman–Crippen MR) is 149 cm³/mol. The lowest BCUT2D eigenvalue weighted by molar-refractivity contribution is -0.139. The third-order valence-electron chi connectivity index (χ3n) is 6.11. The van der Waals surface area contributed by atoms with E-state index in [9.17, 15) is 9.59 Å². The molecule has 4 aromatic rings. The molecular formula is C30H25ClN2O4S. The number of halogens is 1. The minimum atomic E-state index is -0.676. The van der Waals surface area contributed by atoms with Gasteiger partial charge in [-0.05, 0) is 60.9 Å². The summed E-state index contributed by atoms with van der Waals surface area (Å²) in [5.41, 5.74) is 3.26. The molecule has 1 aliphatic heterocycles. The number of carbonyl (C=O) groups is 1. The maximum Gasteiger partial charge on any atom is 0.338 e. The van der Waals surface area contributed by atoms with Crippen molar-refractivity contribution < 1.29 is 14.3 Å². The van der Waals surface area contributed by atoms with Gasteiger partial charge in [-0.15, -0.1) is 0 Å². The van der Waals surface area contributed by atoms with E-state index in [4.69, 9.17) is 21.1 Å². The highest BCUT2D eigenvalue weighted by Crippen LogP contribution is 2.31. The summed E-state index contributed by atoms with van der Waals surface area (Å²) in [7, 11) is 0. The van der Waals surface area contributed by atoms with E-state index in [1.807, 2.05) is 72.8 Å². The molecule has 38 heavy (non-hydrogen) atoms. The van der Waals surface area contributed by atoms with Crippen LogP contribution < -0.4 is 19.6 Å². The van der Waals surface area contributed by atoms with Crippen LogP contribution in [0.25, 0.3) is 6.08 Å². The first-order chi connectivity index (χ1) is 18.4.